The normalized spacial score (nSPS) is 28.0. The van der Waals surface area contributed by atoms with Crippen molar-refractivity contribution >= 4 is 0 Å². The van der Waals surface area contributed by atoms with Crippen molar-refractivity contribution in [2.45, 2.75) is 50.5 Å². The molecule has 1 N–H and O–H groups in total. The highest BCUT2D eigenvalue weighted by atomic mass is 16.6. The molecule has 1 fully saturated rings. The van der Waals surface area contributed by atoms with E-state index >= 15 is 0 Å². The highest BCUT2D eigenvalue weighted by molar-refractivity contribution is 5.15. The van der Waals surface area contributed by atoms with E-state index in [9.17, 15) is 5.11 Å². The van der Waals surface area contributed by atoms with Crippen molar-refractivity contribution in [1.82, 2.24) is 0 Å². The fourth-order valence-corrected chi connectivity index (χ4v) is 3.46. The number of benzene rings is 2. The van der Waals surface area contributed by atoms with Crippen molar-refractivity contribution in [3.63, 3.8) is 0 Å². The molecule has 3 unspecified atom stereocenters. The van der Waals surface area contributed by atoms with Crippen LogP contribution in [-0.4, -0.2) is 35.6 Å². The zero-order chi connectivity index (χ0) is 19.1. The highest BCUT2D eigenvalue weighted by Gasteiger charge is 2.50. The average molecular weight is 368 g/mol. The van der Waals surface area contributed by atoms with Crippen LogP contribution in [0.15, 0.2) is 73.3 Å². The fourth-order valence-electron chi connectivity index (χ4n) is 3.46. The predicted octanol–water partition coefficient (Wildman–Crippen LogP) is 3.88. The smallest absolute Gasteiger partial charge is 0.123 e. The predicted molar refractivity (Wildman–Crippen MR) is 105 cm³/mol. The summed E-state index contributed by atoms with van der Waals surface area (Å²) in [5.74, 6) is 0. The molecule has 144 valence electrons. The summed E-state index contributed by atoms with van der Waals surface area (Å²) in [6.07, 6.45) is 0.836. The Labute approximate surface area is 161 Å². The van der Waals surface area contributed by atoms with E-state index in [1.54, 1.807) is 6.08 Å². The second-order valence-corrected chi connectivity index (χ2v) is 7.01. The average Bonchev–Trinajstić information content (AvgIpc) is 2.70. The van der Waals surface area contributed by atoms with E-state index in [1.807, 2.05) is 67.6 Å². The lowest BCUT2D eigenvalue weighted by Crippen LogP contribution is -2.63. The van der Waals surface area contributed by atoms with Gasteiger partial charge in [0.2, 0.25) is 0 Å². The Morgan fingerprint density at radius 1 is 1.04 bits per heavy atom. The van der Waals surface area contributed by atoms with Gasteiger partial charge in [-0.3, -0.25) is 0 Å². The minimum absolute atomic E-state index is 0.366. The molecule has 0 aromatic heterocycles. The number of hydrogen-bond donors (Lipinski definition) is 1. The van der Waals surface area contributed by atoms with Crippen LogP contribution in [0.25, 0.3) is 0 Å². The first-order valence-electron chi connectivity index (χ1n) is 9.39. The zero-order valence-electron chi connectivity index (χ0n) is 15.8. The standard InChI is InChI=1S/C23H28O4/c1-3-14-23(24)18(2)25-17-21(26-15-19-10-6-4-7-11-19)22(23)27-16-20-12-8-5-9-13-20/h3-13,18,21-22,24H,1,14-17H2,2H3/t18?,21?,22?,23-/m1/s1. The molecule has 4 atom stereocenters. The molecule has 0 aliphatic carbocycles. The van der Waals surface area contributed by atoms with Gasteiger partial charge in [0.1, 0.15) is 17.8 Å². The summed E-state index contributed by atoms with van der Waals surface area (Å²) in [6, 6.07) is 19.9. The van der Waals surface area contributed by atoms with Gasteiger partial charge in [-0.2, -0.15) is 0 Å². The van der Waals surface area contributed by atoms with E-state index in [2.05, 4.69) is 6.58 Å². The topological polar surface area (TPSA) is 47.9 Å². The summed E-state index contributed by atoms with van der Waals surface area (Å²) < 4.78 is 18.1. The molecule has 1 aliphatic heterocycles. The van der Waals surface area contributed by atoms with Gasteiger partial charge in [0.25, 0.3) is 0 Å². The molecular weight excluding hydrogens is 340 g/mol. The van der Waals surface area contributed by atoms with Gasteiger partial charge in [-0.15, -0.1) is 6.58 Å². The van der Waals surface area contributed by atoms with Crippen LogP contribution >= 0.6 is 0 Å². The molecule has 1 saturated heterocycles. The molecule has 0 radical (unpaired) electrons. The second kappa shape index (κ2) is 9.29. The summed E-state index contributed by atoms with van der Waals surface area (Å²) >= 11 is 0. The monoisotopic (exact) mass is 368 g/mol. The van der Waals surface area contributed by atoms with Gasteiger partial charge in [-0.05, 0) is 24.5 Å². The third-order valence-corrected chi connectivity index (χ3v) is 5.10. The Morgan fingerprint density at radius 2 is 1.59 bits per heavy atom. The van der Waals surface area contributed by atoms with Gasteiger partial charge < -0.3 is 19.3 Å². The molecule has 1 heterocycles. The number of ether oxygens (including phenoxy) is 3. The van der Waals surface area contributed by atoms with Gasteiger partial charge >= 0.3 is 0 Å². The number of hydrogen-bond acceptors (Lipinski definition) is 4. The SMILES string of the molecule is C=CC[C@@]1(O)C(C)OCC(OCc2ccccc2)C1OCc1ccccc1. The summed E-state index contributed by atoms with van der Waals surface area (Å²) in [7, 11) is 0. The lowest BCUT2D eigenvalue weighted by atomic mass is 9.82. The molecule has 1 aliphatic rings. The maximum atomic E-state index is 11.3. The van der Waals surface area contributed by atoms with E-state index in [0.717, 1.165) is 11.1 Å². The molecule has 2 aromatic carbocycles. The zero-order valence-corrected chi connectivity index (χ0v) is 15.8. The maximum Gasteiger partial charge on any atom is 0.123 e. The molecular formula is C23H28O4. The van der Waals surface area contributed by atoms with Crippen molar-refractivity contribution in [3.05, 3.63) is 84.4 Å². The molecule has 4 heteroatoms. The van der Waals surface area contributed by atoms with Crippen LogP contribution in [-0.2, 0) is 27.4 Å². The quantitative estimate of drug-likeness (QED) is 0.719. The van der Waals surface area contributed by atoms with E-state index < -0.39 is 11.7 Å². The highest BCUT2D eigenvalue weighted by Crippen LogP contribution is 2.34. The molecule has 4 nitrogen and oxygen atoms in total. The van der Waals surface area contributed by atoms with Gasteiger partial charge in [0.05, 0.1) is 25.9 Å². The van der Waals surface area contributed by atoms with Crippen molar-refractivity contribution in [1.29, 1.82) is 0 Å². The molecule has 0 spiro atoms. The summed E-state index contributed by atoms with van der Waals surface area (Å²) in [5.41, 5.74) is 0.945. The van der Waals surface area contributed by atoms with Crippen LogP contribution in [0.4, 0.5) is 0 Å². The summed E-state index contributed by atoms with van der Waals surface area (Å²) in [4.78, 5) is 0. The third-order valence-electron chi connectivity index (χ3n) is 5.10. The molecule has 2 aromatic rings. The number of rotatable bonds is 8. The Balaban J connectivity index is 1.75. The van der Waals surface area contributed by atoms with Crippen LogP contribution in [0, 0.1) is 0 Å². The molecule has 0 amide bonds. The van der Waals surface area contributed by atoms with E-state index in [-0.39, 0.29) is 12.2 Å². The van der Waals surface area contributed by atoms with Crippen molar-refractivity contribution < 1.29 is 19.3 Å². The first kappa shape index (κ1) is 19.8. The van der Waals surface area contributed by atoms with Gasteiger partial charge in [0, 0.05) is 0 Å². The summed E-state index contributed by atoms with van der Waals surface area (Å²) in [5, 5.41) is 11.3. The lowest BCUT2D eigenvalue weighted by molar-refractivity contribution is -0.264. The Morgan fingerprint density at radius 3 is 2.15 bits per heavy atom. The summed E-state index contributed by atoms with van der Waals surface area (Å²) in [6.45, 7) is 6.90. The number of aliphatic hydroxyl groups is 1. The Kier molecular flexibility index (Phi) is 6.80. The van der Waals surface area contributed by atoms with E-state index in [0.29, 0.717) is 26.2 Å². The van der Waals surface area contributed by atoms with Gasteiger partial charge in [-0.1, -0.05) is 66.7 Å². The molecule has 27 heavy (non-hydrogen) atoms. The minimum Gasteiger partial charge on any atom is -0.384 e. The first-order valence-corrected chi connectivity index (χ1v) is 9.39. The molecule has 0 bridgehead atoms. The first-order chi connectivity index (χ1) is 13.1. The van der Waals surface area contributed by atoms with Crippen molar-refractivity contribution in [2.75, 3.05) is 6.61 Å². The van der Waals surface area contributed by atoms with Gasteiger partial charge in [-0.25, -0.2) is 0 Å². The van der Waals surface area contributed by atoms with Crippen LogP contribution in [0.2, 0.25) is 0 Å². The van der Waals surface area contributed by atoms with Crippen molar-refractivity contribution in [2.24, 2.45) is 0 Å². The van der Waals surface area contributed by atoms with Crippen LogP contribution < -0.4 is 0 Å². The fraction of sp³-hybridized carbons (Fsp3) is 0.391. The molecule has 3 rings (SSSR count). The van der Waals surface area contributed by atoms with Crippen LogP contribution in [0.5, 0.6) is 0 Å². The van der Waals surface area contributed by atoms with E-state index in [1.165, 1.54) is 0 Å². The molecule has 0 saturated carbocycles. The minimum atomic E-state index is -1.18. The van der Waals surface area contributed by atoms with E-state index in [4.69, 9.17) is 14.2 Å². The largest absolute Gasteiger partial charge is 0.384 e. The van der Waals surface area contributed by atoms with Crippen LogP contribution in [0.3, 0.4) is 0 Å². The lowest BCUT2D eigenvalue weighted by Gasteiger charge is -2.47. The Bertz CT molecular complexity index is 703. The maximum absolute atomic E-state index is 11.3. The third kappa shape index (κ3) is 4.85. The Hall–Kier alpha value is -1.98. The van der Waals surface area contributed by atoms with Crippen LogP contribution in [0.1, 0.15) is 24.5 Å². The van der Waals surface area contributed by atoms with Crippen molar-refractivity contribution in [3.8, 4) is 0 Å². The second-order valence-electron chi connectivity index (χ2n) is 7.01. The van der Waals surface area contributed by atoms with Gasteiger partial charge in [0.15, 0.2) is 0 Å².